The summed E-state index contributed by atoms with van der Waals surface area (Å²) in [5.74, 6) is -13.3. The Morgan fingerprint density at radius 3 is 2.35 bits per heavy atom. The highest BCUT2D eigenvalue weighted by atomic mass is 16.3. The number of rotatable bonds is 3. The fourth-order valence-electron chi connectivity index (χ4n) is 6.72. The van der Waals surface area contributed by atoms with Crippen LogP contribution < -0.4 is 5.73 Å². The van der Waals surface area contributed by atoms with Gasteiger partial charge in [-0.1, -0.05) is 6.92 Å². The van der Waals surface area contributed by atoms with Gasteiger partial charge in [0, 0.05) is 11.5 Å². The van der Waals surface area contributed by atoms with Gasteiger partial charge in [-0.25, -0.2) is 0 Å². The summed E-state index contributed by atoms with van der Waals surface area (Å²) in [4.78, 5) is 67.7. The SMILES string of the molecule is C[C@H]1c2c(-c3ccco3)ccc(O)c2C(=O)C2C(=O)[C@]3(O)C(=O)C(C(N)=O)C(=O)[C@@H](N(C)C)[C@@H]3[C@@H](O)[C@@H]21. The van der Waals surface area contributed by atoms with Crippen molar-refractivity contribution in [3.05, 3.63) is 41.7 Å². The molecule has 1 aromatic heterocycles. The maximum absolute atomic E-state index is 13.9. The molecule has 1 aromatic carbocycles. The van der Waals surface area contributed by atoms with Crippen molar-refractivity contribution < 1.29 is 43.7 Å². The van der Waals surface area contributed by atoms with E-state index >= 15 is 0 Å². The number of likely N-dealkylation sites (N-methyl/N-ethyl adjacent to an activating group) is 1. The number of aliphatic hydroxyl groups excluding tert-OH is 1. The number of benzene rings is 1. The van der Waals surface area contributed by atoms with Gasteiger partial charge in [0.15, 0.2) is 34.7 Å². The molecule has 3 aliphatic carbocycles. The number of nitrogens with zero attached hydrogens (tertiary/aromatic N) is 1. The second-order valence-electron chi connectivity index (χ2n) is 10.3. The minimum absolute atomic E-state index is 0.180. The highest BCUT2D eigenvalue weighted by Gasteiger charge is 2.73. The van der Waals surface area contributed by atoms with Gasteiger partial charge >= 0.3 is 0 Å². The number of carbonyl (C=O) groups excluding carboxylic acids is 5. The maximum atomic E-state index is 13.9. The zero-order valence-electron chi connectivity index (χ0n) is 20.2. The number of primary amides is 1. The number of phenols is 1. The van der Waals surface area contributed by atoms with Crippen LogP contribution in [0.3, 0.4) is 0 Å². The minimum Gasteiger partial charge on any atom is -0.507 e. The average Bonchev–Trinajstić information content (AvgIpc) is 3.36. The molecule has 2 fully saturated rings. The number of aliphatic hydroxyl groups is 2. The van der Waals surface area contributed by atoms with E-state index in [2.05, 4.69) is 0 Å². The molecule has 5 rings (SSSR count). The van der Waals surface area contributed by atoms with E-state index < -0.39 is 82.1 Å². The van der Waals surface area contributed by atoms with Crippen molar-refractivity contribution in [2.45, 2.75) is 30.6 Å². The molecule has 37 heavy (non-hydrogen) atoms. The van der Waals surface area contributed by atoms with Crippen molar-refractivity contribution in [1.29, 1.82) is 0 Å². The second kappa shape index (κ2) is 8.17. The molecule has 0 saturated heterocycles. The van der Waals surface area contributed by atoms with Gasteiger partial charge in [-0.2, -0.15) is 0 Å². The highest BCUT2D eigenvalue weighted by molar-refractivity contribution is 6.32. The molecule has 2 aromatic rings. The lowest BCUT2D eigenvalue weighted by Crippen LogP contribution is -2.77. The molecule has 1 heterocycles. The van der Waals surface area contributed by atoms with Crippen molar-refractivity contribution in [2.75, 3.05) is 14.1 Å². The van der Waals surface area contributed by atoms with Gasteiger partial charge in [-0.15, -0.1) is 0 Å². The molecule has 194 valence electrons. The molecular weight excluding hydrogens is 484 g/mol. The van der Waals surface area contributed by atoms with E-state index in [1.54, 1.807) is 25.1 Å². The Labute approximate surface area is 210 Å². The summed E-state index contributed by atoms with van der Waals surface area (Å²) < 4.78 is 5.50. The summed E-state index contributed by atoms with van der Waals surface area (Å²) >= 11 is 0. The largest absolute Gasteiger partial charge is 0.507 e. The van der Waals surface area contributed by atoms with Crippen LogP contribution >= 0.6 is 0 Å². The highest BCUT2D eigenvalue weighted by Crippen LogP contribution is 2.55. The molecule has 0 radical (unpaired) electrons. The summed E-state index contributed by atoms with van der Waals surface area (Å²) in [6, 6.07) is 4.71. The van der Waals surface area contributed by atoms with E-state index in [1.807, 2.05) is 0 Å². The third-order valence-corrected chi connectivity index (χ3v) is 8.25. The molecule has 1 amide bonds. The Hall–Kier alpha value is -3.67. The molecule has 11 heteroatoms. The van der Waals surface area contributed by atoms with Gasteiger partial charge in [0.2, 0.25) is 5.91 Å². The van der Waals surface area contributed by atoms with Gasteiger partial charge in [-0.05, 0) is 49.8 Å². The van der Waals surface area contributed by atoms with E-state index in [4.69, 9.17) is 10.2 Å². The molecule has 11 nitrogen and oxygen atoms in total. The topological polar surface area (TPSA) is 188 Å². The van der Waals surface area contributed by atoms with Crippen molar-refractivity contribution in [2.24, 2.45) is 29.4 Å². The van der Waals surface area contributed by atoms with Gasteiger partial charge in [0.1, 0.15) is 11.5 Å². The smallest absolute Gasteiger partial charge is 0.235 e. The van der Waals surface area contributed by atoms with E-state index in [0.717, 1.165) is 0 Å². The van der Waals surface area contributed by atoms with E-state index in [0.29, 0.717) is 16.9 Å². The Balaban J connectivity index is 1.75. The number of hydrogen-bond acceptors (Lipinski definition) is 10. The summed E-state index contributed by atoms with van der Waals surface area (Å²) in [7, 11) is 2.88. The molecule has 2 unspecified atom stereocenters. The summed E-state index contributed by atoms with van der Waals surface area (Å²) in [6.45, 7) is 1.65. The van der Waals surface area contributed by atoms with Crippen LogP contribution in [0.1, 0.15) is 28.8 Å². The first-order valence-electron chi connectivity index (χ1n) is 11.8. The number of ketones is 4. The molecule has 0 spiro atoms. The van der Waals surface area contributed by atoms with Gasteiger partial charge in [-0.3, -0.25) is 28.9 Å². The number of fused-ring (bicyclic) bond motifs is 3. The van der Waals surface area contributed by atoms with Gasteiger partial charge in [0.05, 0.1) is 35.8 Å². The number of Topliss-reactive ketones (excluding diaryl/α,β-unsaturated/α-hetero) is 4. The number of amides is 1. The van der Waals surface area contributed by atoms with Gasteiger partial charge < -0.3 is 25.5 Å². The van der Waals surface area contributed by atoms with Crippen LogP contribution in [0.25, 0.3) is 11.3 Å². The number of furan rings is 1. The fourth-order valence-corrected chi connectivity index (χ4v) is 6.72. The third kappa shape index (κ3) is 3.08. The van der Waals surface area contributed by atoms with Crippen LogP contribution in [0.2, 0.25) is 0 Å². The summed E-state index contributed by atoms with van der Waals surface area (Å²) in [5.41, 5.74) is 2.90. The lowest BCUT2D eigenvalue weighted by Gasteiger charge is -2.56. The first-order chi connectivity index (χ1) is 17.3. The summed E-state index contributed by atoms with van der Waals surface area (Å²) in [5, 5.41) is 34.0. The lowest BCUT2D eigenvalue weighted by molar-refractivity contribution is -0.196. The van der Waals surface area contributed by atoms with Crippen LogP contribution in [0.5, 0.6) is 5.75 Å². The first-order valence-corrected chi connectivity index (χ1v) is 11.8. The van der Waals surface area contributed by atoms with Crippen molar-refractivity contribution in [1.82, 2.24) is 4.90 Å². The van der Waals surface area contributed by atoms with Crippen LogP contribution in [-0.2, 0) is 19.2 Å². The van der Waals surface area contributed by atoms with Crippen LogP contribution in [-0.4, -0.2) is 81.1 Å². The number of hydrogen-bond donors (Lipinski definition) is 4. The molecule has 2 saturated carbocycles. The normalized spacial score (nSPS) is 35.2. The third-order valence-electron chi connectivity index (χ3n) is 8.25. The predicted octanol–water partition coefficient (Wildman–Crippen LogP) is -0.341. The maximum Gasteiger partial charge on any atom is 0.235 e. The van der Waals surface area contributed by atoms with E-state index in [9.17, 15) is 39.3 Å². The fraction of sp³-hybridized carbons (Fsp3) is 0.423. The molecule has 8 atom stereocenters. The second-order valence-corrected chi connectivity index (χ2v) is 10.3. The Morgan fingerprint density at radius 1 is 1.11 bits per heavy atom. The van der Waals surface area contributed by atoms with Crippen LogP contribution in [0, 0.1) is 23.7 Å². The molecule has 0 bridgehead atoms. The predicted molar refractivity (Wildman–Crippen MR) is 125 cm³/mol. The average molecular weight is 510 g/mol. The van der Waals surface area contributed by atoms with E-state index in [-0.39, 0.29) is 5.56 Å². The standard InChI is InChI=1S/C26H26N2O9/c1-9-13-10(12-5-4-8-37-12)6-7-11(29)15(13)20(30)16-14(9)21(31)18-19(28(2)3)22(32)17(25(27)35)24(34)26(18,36)23(16)33/h4-9,14,16-19,21,29,31,36H,1-3H3,(H2,27,35)/t9-,14+,16?,17?,18+,19-,21-,26-/m0/s1. The first kappa shape index (κ1) is 25.0. The summed E-state index contributed by atoms with van der Waals surface area (Å²) in [6.07, 6.45) is -0.261. The quantitative estimate of drug-likeness (QED) is 0.398. The minimum atomic E-state index is -3.02. The molecule has 5 N–H and O–H groups in total. The number of phenolic OH excluding ortho intramolecular Hbond substituents is 1. The van der Waals surface area contributed by atoms with Gasteiger partial charge in [0.25, 0.3) is 0 Å². The zero-order chi connectivity index (χ0) is 27.1. The number of nitrogens with two attached hydrogens (primary N) is 1. The molecular formula is C26H26N2O9. The number of aromatic hydroxyl groups is 1. The monoisotopic (exact) mass is 510 g/mol. The van der Waals surface area contributed by atoms with Crippen LogP contribution in [0.4, 0.5) is 0 Å². The molecule has 3 aliphatic rings. The molecule has 0 aliphatic heterocycles. The Bertz CT molecular complexity index is 1360. The Kier molecular flexibility index (Phi) is 5.52. The van der Waals surface area contributed by atoms with Crippen molar-refractivity contribution >= 4 is 29.0 Å². The Morgan fingerprint density at radius 2 is 1.78 bits per heavy atom. The van der Waals surface area contributed by atoms with E-state index in [1.165, 1.54) is 31.3 Å². The van der Waals surface area contributed by atoms with Crippen LogP contribution in [0.15, 0.2) is 34.9 Å². The van der Waals surface area contributed by atoms with Crippen molar-refractivity contribution in [3.63, 3.8) is 0 Å². The lowest BCUT2D eigenvalue weighted by atomic mass is 9.49. The number of carbonyl (C=O) groups is 5. The van der Waals surface area contributed by atoms with Crippen molar-refractivity contribution in [3.8, 4) is 17.1 Å². The zero-order valence-corrected chi connectivity index (χ0v) is 20.2.